The zero-order valence-corrected chi connectivity index (χ0v) is 19.0. The number of carbonyl (C=O) groups is 1. The maximum absolute atomic E-state index is 12.0. The number of benzene rings is 2. The molecule has 0 aliphatic heterocycles. The molecule has 0 saturated carbocycles. The van der Waals surface area contributed by atoms with Gasteiger partial charge in [-0.25, -0.2) is 9.78 Å². The van der Waals surface area contributed by atoms with Crippen LogP contribution in [0.4, 0.5) is 0 Å². The molecule has 32 heavy (non-hydrogen) atoms. The third-order valence-electron chi connectivity index (χ3n) is 4.83. The highest BCUT2D eigenvalue weighted by atomic mass is 16.6. The van der Waals surface area contributed by atoms with Crippen LogP contribution < -0.4 is 9.47 Å². The monoisotopic (exact) mass is 435 g/mol. The molecule has 0 radical (unpaired) electrons. The molecule has 0 unspecified atom stereocenters. The summed E-state index contributed by atoms with van der Waals surface area (Å²) in [7, 11) is 0. The number of aromatic nitrogens is 1. The average molecular weight is 436 g/mol. The van der Waals surface area contributed by atoms with E-state index in [1.807, 2.05) is 31.2 Å². The Morgan fingerprint density at radius 2 is 1.88 bits per heavy atom. The topological polar surface area (TPSA) is 70.8 Å². The summed E-state index contributed by atoms with van der Waals surface area (Å²) < 4.78 is 22.5. The Hall–Kier alpha value is -3.54. The van der Waals surface area contributed by atoms with Gasteiger partial charge in [-0.05, 0) is 69.7 Å². The van der Waals surface area contributed by atoms with E-state index in [-0.39, 0.29) is 0 Å². The molecule has 6 heteroatoms. The van der Waals surface area contributed by atoms with Gasteiger partial charge in [-0.15, -0.1) is 0 Å². The molecule has 3 rings (SSSR count). The van der Waals surface area contributed by atoms with Gasteiger partial charge in [0.25, 0.3) is 0 Å². The number of aryl methyl sites for hydroxylation is 1. The number of rotatable bonds is 10. The van der Waals surface area contributed by atoms with Crippen LogP contribution in [-0.4, -0.2) is 29.8 Å². The summed E-state index contributed by atoms with van der Waals surface area (Å²) >= 11 is 0. The highest BCUT2D eigenvalue weighted by Gasteiger charge is 2.31. The number of oxazole rings is 1. The molecule has 1 heterocycles. The molecule has 2 aromatic carbocycles. The first-order valence-corrected chi connectivity index (χ1v) is 10.6. The summed E-state index contributed by atoms with van der Waals surface area (Å²) in [5, 5.41) is 0. The fraction of sp³-hybridized carbons (Fsp3) is 0.308. The lowest BCUT2D eigenvalue weighted by atomic mass is 10.1. The molecular formula is C26H29NO5. The Kier molecular flexibility index (Phi) is 7.36. The first kappa shape index (κ1) is 23.1. The molecule has 1 aromatic heterocycles. The second-order valence-corrected chi connectivity index (χ2v) is 7.75. The van der Waals surface area contributed by atoms with Gasteiger partial charge in [0.15, 0.2) is 5.60 Å². The number of esters is 1. The van der Waals surface area contributed by atoms with Crippen molar-refractivity contribution in [2.75, 3.05) is 13.2 Å². The molecule has 0 bridgehead atoms. The van der Waals surface area contributed by atoms with E-state index in [0.29, 0.717) is 37.0 Å². The van der Waals surface area contributed by atoms with Gasteiger partial charge in [0.1, 0.15) is 17.3 Å². The SMILES string of the molecule is C=Cc1cccc(-c2nc(CCOc3ccc(OC(C)(C)C(=O)OCC)cc3)c(C)o2)c1. The number of nitrogens with zero attached hydrogens (tertiary/aromatic N) is 1. The quantitative estimate of drug-likeness (QED) is 0.384. The standard InChI is InChI=1S/C26H29NO5/c1-6-19-9-8-10-20(17-19)24-27-23(18(3)31-24)15-16-30-21-11-13-22(14-12-21)32-26(4,5)25(28)29-7-2/h6,8-14,17H,1,7,15-16H2,2-5H3. The average Bonchev–Trinajstić information content (AvgIpc) is 3.15. The van der Waals surface area contributed by atoms with E-state index in [2.05, 4.69) is 11.6 Å². The Morgan fingerprint density at radius 3 is 2.56 bits per heavy atom. The van der Waals surface area contributed by atoms with Crippen molar-refractivity contribution in [1.82, 2.24) is 4.98 Å². The van der Waals surface area contributed by atoms with Crippen LogP contribution >= 0.6 is 0 Å². The van der Waals surface area contributed by atoms with Crippen LogP contribution in [0.3, 0.4) is 0 Å². The van der Waals surface area contributed by atoms with E-state index in [4.69, 9.17) is 18.6 Å². The number of hydrogen-bond acceptors (Lipinski definition) is 6. The van der Waals surface area contributed by atoms with Gasteiger partial charge in [0.2, 0.25) is 5.89 Å². The highest BCUT2D eigenvalue weighted by molar-refractivity contribution is 5.79. The van der Waals surface area contributed by atoms with Crippen molar-refractivity contribution in [3.05, 3.63) is 72.1 Å². The molecule has 0 N–H and O–H groups in total. The maximum atomic E-state index is 12.0. The molecule has 0 amide bonds. The van der Waals surface area contributed by atoms with Gasteiger partial charge in [-0.3, -0.25) is 0 Å². The van der Waals surface area contributed by atoms with E-state index in [0.717, 1.165) is 22.6 Å². The van der Waals surface area contributed by atoms with Gasteiger partial charge in [-0.2, -0.15) is 0 Å². The summed E-state index contributed by atoms with van der Waals surface area (Å²) in [6.07, 6.45) is 2.41. The lowest BCUT2D eigenvalue weighted by Gasteiger charge is -2.24. The largest absolute Gasteiger partial charge is 0.493 e. The third kappa shape index (κ3) is 5.78. The Labute approximate surface area is 188 Å². The predicted molar refractivity (Wildman–Crippen MR) is 124 cm³/mol. The van der Waals surface area contributed by atoms with Gasteiger partial charge in [0, 0.05) is 12.0 Å². The van der Waals surface area contributed by atoms with Crippen molar-refractivity contribution in [2.24, 2.45) is 0 Å². The third-order valence-corrected chi connectivity index (χ3v) is 4.83. The predicted octanol–water partition coefficient (Wildman–Crippen LogP) is 5.64. The first-order chi connectivity index (χ1) is 15.3. The highest BCUT2D eigenvalue weighted by Crippen LogP contribution is 2.25. The van der Waals surface area contributed by atoms with Crippen LogP contribution in [0.5, 0.6) is 11.5 Å². The summed E-state index contributed by atoms with van der Waals surface area (Å²) in [5.74, 6) is 2.23. The van der Waals surface area contributed by atoms with Crippen molar-refractivity contribution >= 4 is 12.0 Å². The van der Waals surface area contributed by atoms with E-state index in [1.54, 1.807) is 51.1 Å². The summed E-state index contributed by atoms with van der Waals surface area (Å²) in [6.45, 7) is 11.6. The van der Waals surface area contributed by atoms with Crippen LogP contribution in [0.1, 0.15) is 37.8 Å². The van der Waals surface area contributed by atoms with Crippen LogP contribution in [0.2, 0.25) is 0 Å². The van der Waals surface area contributed by atoms with Gasteiger partial charge >= 0.3 is 5.97 Å². The van der Waals surface area contributed by atoms with Crippen LogP contribution in [0, 0.1) is 6.92 Å². The van der Waals surface area contributed by atoms with E-state index in [1.165, 1.54) is 0 Å². The normalized spacial score (nSPS) is 11.1. The number of ether oxygens (including phenoxy) is 3. The molecular weight excluding hydrogens is 406 g/mol. The lowest BCUT2D eigenvalue weighted by molar-refractivity contribution is -0.158. The molecule has 168 valence electrons. The Balaban J connectivity index is 1.56. The van der Waals surface area contributed by atoms with Crippen LogP contribution in [0.15, 0.2) is 59.5 Å². The fourth-order valence-corrected chi connectivity index (χ4v) is 3.09. The molecule has 0 spiro atoms. The van der Waals surface area contributed by atoms with E-state index in [9.17, 15) is 4.79 Å². The molecule has 0 aliphatic rings. The first-order valence-electron chi connectivity index (χ1n) is 10.6. The zero-order chi connectivity index (χ0) is 23.1. The van der Waals surface area contributed by atoms with Gasteiger partial charge in [0.05, 0.1) is 18.9 Å². The Morgan fingerprint density at radius 1 is 1.16 bits per heavy atom. The second-order valence-electron chi connectivity index (χ2n) is 7.75. The number of hydrogen-bond donors (Lipinski definition) is 0. The minimum absolute atomic E-state index is 0.312. The minimum atomic E-state index is -1.06. The van der Waals surface area contributed by atoms with Crippen molar-refractivity contribution in [3.8, 4) is 23.0 Å². The zero-order valence-electron chi connectivity index (χ0n) is 19.0. The van der Waals surface area contributed by atoms with Crippen LogP contribution in [0.25, 0.3) is 17.5 Å². The minimum Gasteiger partial charge on any atom is -0.493 e. The van der Waals surface area contributed by atoms with Crippen molar-refractivity contribution in [2.45, 2.75) is 39.7 Å². The van der Waals surface area contributed by atoms with Crippen molar-refractivity contribution in [3.63, 3.8) is 0 Å². The van der Waals surface area contributed by atoms with Gasteiger partial charge in [-0.1, -0.05) is 24.8 Å². The summed E-state index contributed by atoms with van der Waals surface area (Å²) in [5.41, 5.74) is 1.73. The lowest BCUT2D eigenvalue weighted by Crippen LogP contribution is -2.39. The molecule has 0 saturated heterocycles. The fourth-order valence-electron chi connectivity index (χ4n) is 3.09. The van der Waals surface area contributed by atoms with Crippen LogP contribution in [-0.2, 0) is 16.0 Å². The number of carbonyl (C=O) groups excluding carboxylic acids is 1. The van der Waals surface area contributed by atoms with E-state index >= 15 is 0 Å². The maximum Gasteiger partial charge on any atom is 0.349 e. The smallest absolute Gasteiger partial charge is 0.349 e. The Bertz CT molecular complexity index is 1070. The van der Waals surface area contributed by atoms with Crippen molar-refractivity contribution in [1.29, 1.82) is 0 Å². The molecule has 0 fully saturated rings. The van der Waals surface area contributed by atoms with Gasteiger partial charge < -0.3 is 18.6 Å². The molecule has 3 aromatic rings. The van der Waals surface area contributed by atoms with E-state index < -0.39 is 11.6 Å². The van der Waals surface area contributed by atoms with Crippen molar-refractivity contribution < 1.29 is 23.4 Å². The summed E-state index contributed by atoms with van der Waals surface area (Å²) in [6, 6.07) is 15.0. The molecule has 0 atom stereocenters. The second kappa shape index (κ2) is 10.2. The molecule has 6 nitrogen and oxygen atoms in total. The summed E-state index contributed by atoms with van der Waals surface area (Å²) in [4.78, 5) is 16.6. The molecule has 0 aliphatic carbocycles.